The number of nitrogens with zero attached hydrogens (tertiary/aromatic N) is 2. The lowest BCUT2D eigenvalue weighted by molar-refractivity contribution is -0.0387. The molecule has 1 aliphatic heterocycles. The molecule has 0 unspecified atom stereocenters. The van der Waals surface area contributed by atoms with Crippen molar-refractivity contribution in [3.05, 3.63) is 41.3 Å². The number of halogens is 1. The molecule has 1 aromatic carbocycles. The third-order valence-corrected chi connectivity index (χ3v) is 4.07. The van der Waals surface area contributed by atoms with Gasteiger partial charge in [0.25, 0.3) is 5.91 Å². The summed E-state index contributed by atoms with van der Waals surface area (Å²) in [5, 5.41) is 0.768. The first-order valence-electron chi connectivity index (χ1n) is 7.45. The topological polar surface area (TPSA) is 42.4 Å². The molecule has 3 rings (SSSR count). The Morgan fingerprint density at radius 2 is 2.14 bits per heavy atom. The lowest BCUT2D eigenvalue weighted by Crippen LogP contribution is -2.50. The van der Waals surface area contributed by atoms with Crippen LogP contribution in [-0.4, -0.2) is 41.1 Å². The Labute approximate surface area is 128 Å². The molecule has 0 aliphatic carbocycles. The van der Waals surface area contributed by atoms with E-state index in [2.05, 4.69) is 4.98 Å². The highest BCUT2D eigenvalue weighted by molar-refractivity contribution is 5.98. The van der Waals surface area contributed by atoms with Crippen molar-refractivity contribution >= 4 is 16.8 Å². The minimum Gasteiger partial charge on any atom is -0.375 e. The molecule has 0 radical (unpaired) electrons. The second-order valence-electron chi connectivity index (χ2n) is 5.91. The normalized spacial score (nSPS) is 22.1. The summed E-state index contributed by atoms with van der Waals surface area (Å²) >= 11 is 0. The van der Waals surface area contributed by atoms with Gasteiger partial charge in [-0.05, 0) is 39.0 Å². The molecule has 0 saturated carbocycles. The molecule has 4 nitrogen and oxygen atoms in total. The maximum absolute atomic E-state index is 13.3. The third-order valence-electron chi connectivity index (χ3n) is 4.07. The number of benzene rings is 1. The summed E-state index contributed by atoms with van der Waals surface area (Å²) in [6, 6.07) is 6.25. The van der Waals surface area contributed by atoms with E-state index in [0.29, 0.717) is 29.9 Å². The third kappa shape index (κ3) is 2.68. The highest BCUT2D eigenvalue weighted by Gasteiger charge is 2.29. The largest absolute Gasteiger partial charge is 0.375 e. The monoisotopic (exact) mass is 302 g/mol. The van der Waals surface area contributed by atoms with Gasteiger partial charge in [0.2, 0.25) is 0 Å². The van der Waals surface area contributed by atoms with Crippen LogP contribution in [0.1, 0.15) is 29.9 Å². The van der Waals surface area contributed by atoms with Gasteiger partial charge < -0.3 is 9.64 Å². The van der Waals surface area contributed by atoms with Crippen LogP contribution in [-0.2, 0) is 4.74 Å². The molecule has 1 saturated heterocycles. The second kappa shape index (κ2) is 5.65. The van der Waals surface area contributed by atoms with Gasteiger partial charge in [0.05, 0.1) is 35.5 Å². The van der Waals surface area contributed by atoms with Crippen LogP contribution in [0.5, 0.6) is 0 Å². The maximum Gasteiger partial charge on any atom is 0.256 e. The standard InChI is InChI=1S/C17H19FN2O2/c1-10-9-22-11(2)8-20(10)17(21)15-6-13-4-5-14(18)7-16(13)19-12(15)3/h4-7,10-11H,8-9H2,1-3H3/t10-,11-/m1/s1. The molecule has 2 atom stereocenters. The first-order valence-corrected chi connectivity index (χ1v) is 7.45. The SMILES string of the molecule is Cc1nc2cc(F)ccc2cc1C(=O)N1C[C@@H](C)OC[C@H]1C. The number of hydrogen-bond donors (Lipinski definition) is 0. The summed E-state index contributed by atoms with van der Waals surface area (Å²) in [6.07, 6.45) is 0.0305. The molecule has 2 heterocycles. The number of aromatic nitrogens is 1. The van der Waals surface area contributed by atoms with E-state index in [1.807, 2.05) is 18.7 Å². The number of carbonyl (C=O) groups excluding carboxylic acids is 1. The zero-order chi connectivity index (χ0) is 15.9. The fraction of sp³-hybridized carbons (Fsp3) is 0.412. The maximum atomic E-state index is 13.3. The zero-order valence-corrected chi connectivity index (χ0v) is 13.0. The smallest absolute Gasteiger partial charge is 0.256 e. The van der Waals surface area contributed by atoms with Gasteiger partial charge in [-0.2, -0.15) is 0 Å². The lowest BCUT2D eigenvalue weighted by atomic mass is 10.1. The van der Waals surface area contributed by atoms with Gasteiger partial charge in [-0.25, -0.2) is 4.39 Å². The highest BCUT2D eigenvalue weighted by Crippen LogP contribution is 2.21. The quantitative estimate of drug-likeness (QED) is 0.813. The van der Waals surface area contributed by atoms with Crippen LogP contribution in [0.25, 0.3) is 10.9 Å². The van der Waals surface area contributed by atoms with Crippen molar-refractivity contribution < 1.29 is 13.9 Å². The number of hydrogen-bond acceptors (Lipinski definition) is 3. The van der Waals surface area contributed by atoms with Crippen LogP contribution in [0.2, 0.25) is 0 Å². The Hall–Kier alpha value is -2.01. The number of ether oxygens (including phenoxy) is 1. The summed E-state index contributed by atoms with van der Waals surface area (Å²) < 4.78 is 18.9. The number of pyridine rings is 1. The number of carbonyl (C=O) groups is 1. The molecule has 1 fully saturated rings. The van der Waals surface area contributed by atoms with Crippen molar-refractivity contribution in [1.29, 1.82) is 0 Å². The molecule has 116 valence electrons. The van der Waals surface area contributed by atoms with Crippen molar-refractivity contribution in [2.75, 3.05) is 13.2 Å². The number of fused-ring (bicyclic) bond motifs is 1. The molecule has 22 heavy (non-hydrogen) atoms. The fourth-order valence-electron chi connectivity index (χ4n) is 2.79. The zero-order valence-electron chi connectivity index (χ0n) is 13.0. The first-order chi connectivity index (χ1) is 10.5. The number of morpholine rings is 1. The van der Waals surface area contributed by atoms with Gasteiger partial charge in [-0.3, -0.25) is 9.78 Å². The van der Waals surface area contributed by atoms with E-state index in [9.17, 15) is 9.18 Å². The van der Waals surface area contributed by atoms with E-state index < -0.39 is 0 Å². The summed E-state index contributed by atoms with van der Waals surface area (Å²) in [5.74, 6) is -0.368. The first kappa shape index (κ1) is 14.9. The molecule has 2 aromatic rings. The van der Waals surface area contributed by atoms with E-state index >= 15 is 0 Å². The van der Waals surface area contributed by atoms with Crippen LogP contribution < -0.4 is 0 Å². The summed E-state index contributed by atoms with van der Waals surface area (Å²) in [7, 11) is 0. The van der Waals surface area contributed by atoms with Crippen LogP contribution in [0.4, 0.5) is 4.39 Å². The number of aryl methyl sites for hydroxylation is 1. The van der Waals surface area contributed by atoms with E-state index in [-0.39, 0.29) is 23.9 Å². The number of rotatable bonds is 1. The Morgan fingerprint density at radius 3 is 2.91 bits per heavy atom. The summed E-state index contributed by atoms with van der Waals surface area (Å²) in [6.45, 7) is 6.83. The van der Waals surface area contributed by atoms with E-state index in [4.69, 9.17) is 4.74 Å². The number of amides is 1. The van der Waals surface area contributed by atoms with Gasteiger partial charge >= 0.3 is 0 Å². The Balaban J connectivity index is 2.00. The molecule has 1 aromatic heterocycles. The van der Waals surface area contributed by atoms with Gasteiger partial charge in [0, 0.05) is 18.0 Å². The predicted octanol–water partition coefficient (Wildman–Crippen LogP) is 2.93. The fourth-order valence-corrected chi connectivity index (χ4v) is 2.79. The van der Waals surface area contributed by atoms with E-state index in [0.717, 1.165) is 5.39 Å². The van der Waals surface area contributed by atoms with E-state index in [1.165, 1.54) is 12.1 Å². The van der Waals surface area contributed by atoms with Crippen LogP contribution in [0, 0.1) is 12.7 Å². The second-order valence-corrected chi connectivity index (χ2v) is 5.91. The molecule has 0 bridgehead atoms. The van der Waals surface area contributed by atoms with Crippen molar-refractivity contribution in [2.24, 2.45) is 0 Å². The van der Waals surface area contributed by atoms with Crippen molar-refractivity contribution in [2.45, 2.75) is 32.9 Å². The average Bonchev–Trinajstić information content (AvgIpc) is 2.48. The van der Waals surface area contributed by atoms with Crippen molar-refractivity contribution in [3.63, 3.8) is 0 Å². The predicted molar refractivity (Wildman–Crippen MR) is 82.4 cm³/mol. The van der Waals surface area contributed by atoms with Gasteiger partial charge in [0.15, 0.2) is 0 Å². The minimum atomic E-state index is -0.325. The van der Waals surface area contributed by atoms with E-state index in [1.54, 1.807) is 19.1 Å². The minimum absolute atomic E-state index is 0.0305. The van der Waals surface area contributed by atoms with Crippen LogP contribution in [0.3, 0.4) is 0 Å². The lowest BCUT2D eigenvalue weighted by Gasteiger charge is -2.37. The molecule has 0 spiro atoms. The molecule has 0 N–H and O–H groups in total. The molecule has 1 aliphatic rings. The van der Waals surface area contributed by atoms with Crippen molar-refractivity contribution in [1.82, 2.24) is 9.88 Å². The van der Waals surface area contributed by atoms with Crippen molar-refractivity contribution in [3.8, 4) is 0 Å². The Bertz CT molecular complexity index is 732. The molecular weight excluding hydrogens is 283 g/mol. The molecular formula is C17H19FN2O2. The molecule has 5 heteroatoms. The van der Waals surface area contributed by atoms with Gasteiger partial charge in [-0.1, -0.05) is 0 Å². The summed E-state index contributed by atoms with van der Waals surface area (Å²) in [4.78, 5) is 19.0. The Kier molecular flexibility index (Phi) is 3.83. The van der Waals surface area contributed by atoms with Gasteiger partial charge in [0.1, 0.15) is 5.82 Å². The van der Waals surface area contributed by atoms with Gasteiger partial charge in [-0.15, -0.1) is 0 Å². The Morgan fingerprint density at radius 1 is 1.36 bits per heavy atom. The van der Waals surface area contributed by atoms with Crippen LogP contribution in [0.15, 0.2) is 24.3 Å². The van der Waals surface area contributed by atoms with Crippen LogP contribution >= 0.6 is 0 Å². The highest BCUT2D eigenvalue weighted by atomic mass is 19.1. The molecule has 1 amide bonds. The average molecular weight is 302 g/mol. The summed E-state index contributed by atoms with van der Waals surface area (Å²) in [5.41, 5.74) is 1.76.